The molecule has 7 rings (SSSR count). The van der Waals surface area contributed by atoms with Crippen LogP contribution in [0.2, 0.25) is 0 Å². The molecule has 0 bridgehead atoms. The van der Waals surface area contributed by atoms with Gasteiger partial charge in [0, 0.05) is 72.7 Å². The standard InChI is InChI=1S/C67H95BrN2O21/c1-6-48(7-2)69-64(71)52-13-11-51-61-57(47-55-59-53(65(72)70(67(55)74)49(8-3)9-4)12-10-50(63(59)61)60-56(68)46-54(66(69)73)58(52)62(51)60)91-45-44-90-43-42-89-41-40-88-39-38-87-37-36-86-35-34-85-33-32-84-31-30-83-29-28-82-27-26-81-25-24-80-23-22-79-21-20-78-19-18-77-17-16-76-15-14-75-5/h10-13,46-49H,6-9,14-45H2,1-5H3. The number of halogens is 1. The van der Waals surface area contributed by atoms with Crippen LogP contribution in [0.1, 0.15) is 94.8 Å². The Morgan fingerprint density at radius 1 is 0.308 bits per heavy atom. The second-order valence-corrected chi connectivity index (χ2v) is 22.2. The van der Waals surface area contributed by atoms with Gasteiger partial charge < -0.3 is 80.5 Å². The molecule has 0 aromatic heterocycles. The summed E-state index contributed by atoms with van der Waals surface area (Å²) in [7, 11) is 1.64. The van der Waals surface area contributed by atoms with Crippen molar-refractivity contribution in [1.82, 2.24) is 9.80 Å². The average molecular weight is 1340 g/mol. The molecular formula is C67H95BrN2O21. The third-order valence-electron chi connectivity index (χ3n) is 15.6. The number of fused-ring (bicyclic) bond motifs is 2. The van der Waals surface area contributed by atoms with E-state index >= 15 is 0 Å². The van der Waals surface area contributed by atoms with Crippen LogP contribution in [0.25, 0.3) is 43.1 Å². The van der Waals surface area contributed by atoms with Gasteiger partial charge in [-0.3, -0.25) is 29.0 Å². The number of ether oxygens (including phenoxy) is 17. The number of amides is 4. The van der Waals surface area contributed by atoms with Crippen LogP contribution in [0.5, 0.6) is 5.75 Å². The molecule has 2 heterocycles. The minimum atomic E-state index is -0.371. The fraction of sp³-hybridized carbons (Fsp3) is 0.642. The van der Waals surface area contributed by atoms with Gasteiger partial charge in [-0.25, -0.2) is 0 Å². The van der Waals surface area contributed by atoms with Crippen molar-refractivity contribution in [2.75, 3.05) is 219 Å². The summed E-state index contributed by atoms with van der Waals surface area (Å²) in [5.41, 5.74) is 1.71. The SMILES string of the molecule is CCC(CC)N1C(=O)c2ccc3c4c(OCCOCCOCCOCCOCCOCCOCCOCCOCCOCCOCCOCCOCCOCCOCCOCCOC)cc5c6c(ccc(c7c(Br)cc(c2c37)C1=O)c64)C(=O)N(C(CC)CC)C5=O. The van der Waals surface area contributed by atoms with Gasteiger partial charge in [-0.1, -0.05) is 55.8 Å². The third kappa shape index (κ3) is 21.2. The van der Waals surface area contributed by atoms with E-state index in [0.717, 1.165) is 21.5 Å². The molecule has 2 aliphatic heterocycles. The third-order valence-corrected chi connectivity index (χ3v) is 16.2. The van der Waals surface area contributed by atoms with Crippen molar-refractivity contribution in [3.05, 3.63) is 63.1 Å². The second-order valence-electron chi connectivity index (χ2n) is 21.3. The molecule has 0 atom stereocenters. The maximum atomic E-state index is 14.5. The van der Waals surface area contributed by atoms with Gasteiger partial charge in [0.1, 0.15) is 12.4 Å². The fourth-order valence-corrected chi connectivity index (χ4v) is 11.7. The normalized spacial score (nSPS) is 13.5. The first-order chi connectivity index (χ1) is 44.7. The molecule has 0 spiro atoms. The van der Waals surface area contributed by atoms with Gasteiger partial charge in [-0.2, -0.15) is 0 Å². The lowest BCUT2D eigenvalue weighted by Gasteiger charge is -2.35. The van der Waals surface area contributed by atoms with Gasteiger partial charge in [0.2, 0.25) is 0 Å². The summed E-state index contributed by atoms with van der Waals surface area (Å²) < 4.78 is 95.6. The Labute approximate surface area is 542 Å². The first-order valence-electron chi connectivity index (χ1n) is 32.2. The van der Waals surface area contributed by atoms with Gasteiger partial charge in [0.25, 0.3) is 23.6 Å². The second kappa shape index (κ2) is 41.9. The average Bonchev–Trinajstić information content (AvgIpc) is 0.687. The molecule has 0 saturated carbocycles. The van der Waals surface area contributed by atoms with E-state index in [1.54, 1.807) is 25.3 Å². The molecule has 0 fully saturated rings. The Balaban J connectivity index is 0.679. The summed E-state index contributed by atoms with van der Waals surface area (Å²) >= 11 is 3.84. The smallest absolute Gasteiger partial charge is 0.261 e. The number of hydrogen-bond acceptors (Lipinski definition) is 21. The summed E-state index contributed by atoms with van der Waals surface area (Å²) in [5, 5.41) is 5.54. The zero-order valence-electron chi connectivity index (χ0n) is 53.9. The van der Waals surface area contributed by atoms with Crippen molar-refractivity contribution in [1.29, 1.82) is 0 Å². The van der Waals surface area contributed by atoms with Crippen molar-refractivity contribution in [3.8, 4) is 5.75 Å². The van der Waals surface area contributed by atoms with Crippen LogP contribution in [-0.2, 0) is 75.8 Å². The molecule has 0 saturated heterocycles. The molecule has 0 radical (unpaired) electrons. The van der Waals surface area contributed by atoms with E-state index in [0.29, 0.717) is 278 Å². The maximum Gasteiger partial charge on any atom is 0.261 e. The van der Waals surface area contributed by atoms with Crippen LogP contribution in [0.15, 0.2) is 40.9 Å². The zero-order valence-corrected chi connectivity index (χ0v) is 55.5. The summed E-state index contributed by atoms with van der Waals surface area (Å²) in [4.78, 5) is 60.2. The Morgan fingerprint density at radius 2 is 0.560 bits per heavy atom. The van der Waals surface area contributed by atoms with E-state index in [1.165, 1.54) is 9.80 Å². The zero-order chi connectivity index (χ0) is 64.4. The summed E-state index contributed by atoms with van der Waals surface area (Å²) in [5.74, 6) is -0.924. The van der Waals surface area contributed by atoms with Crippen molar-refractivity contribution >= 4 is 82.6 Å². The van der Waals surface area contributed by atoms with Crippen LogP contribution >= 0.6 is 15.9 Å². The van der Waals surface area contributed by atoms with Crippen molar-refractivity contribution in [2.45, 2.75) is 65.5 Å². The molecule has 506 valence electrons. The van der Waals surface area contributed by atoms with E-state index in [1.807, 2.05) is 45.9 Å². The number of carbonyl (C=O) groups excluding carboxylic acids is 4. The van der Waals surface area contributed by atoms with E-state index < -0.39 is 0 Å². The fourth-order valence-electron chi connectivity index (χ4n) is 11.0. The van der Waals surface area contributed by atoms with E-state index in [-0.39, 0.29) is 48.9 Å². The van der Waals surface area contributed by atoms with Gasteiger partial charge in [0.15, 0.2) is 0 Å². The lowest BCUT2D eigenvalue weighted by molar-refractivity contribution is -0.0303. The molecule has 2 aliphatic rings. The summed E-state index contributed by atoms with van der Waals surface area (Å²) in [6, 6.07) is 10.4. The first-order valence-corrected chi connectivity index (χ1v) is 33.0. The lowest BCUT2D eigenvalue weighted by atomic mass is 9.81. The Hall–Kier alpha value is -4.68. The topological polar surface area (TPSA) is 232 Å². The largest absolute Gasteiger partial charge is 0.490 e. The predicted octanol–water partition coefficient (Wildman–Crippen LogP) is 8.34. The van der Waals surface area contributed by atoms with Crippen LogP contribution in [0.4, 0.5) is 0 Å². The lowest BCUT2D eigenvalue weighted by Crippen LogP contribution is -2.46. The quantitative estimate of drug-likeness (QED) is 0.0154. The van der Waals surface area contributed by atoms with Gasteiger partial charge in [-0.15, -0.1) is 0 Å². The summed E-state index contributed by atoms with van der Waals surface area (Å²) in [6.45, 7) is 22.3. The Morgan fingerprint density at radius 3 is 0.857 bits per heavy atom. The molecule has 91 heavy (non-hydrogen) atoms. The van der Waals surface area contributed by atoms with Gasteiger partial charge in [-0.05, 0) is 60.7 Å². The molecule has 23 nitrogen and oxygen atoms in total. The van der Waals surface area contributed by atoms with Crippen LogP contribution in [-0.4, -0.2) is 264 Å². The Kier molecular flexibility index (Phi) is 33.9. The molecule has 24 heteroatoms. The molecule has 5 aromatic rings. The number of carbonyl (C=O) groups is 4. The van der Waals surface area contributed by atoms with E-state index in [4.69, 9.17) is 80.5 Å². The van der Waals surface area contributed by atoms with Crippen molar-refractivity contribution in [2.24, 2.45) is 0 Å². The van der Waals surface area contributed by atoms with E-state index in [2.05, 4.69) is 15.9 Å². The minimum absolute atomic E-state index is 0.143. The number of benzene rings is 5. The molecule has 0 aliphatic carbocycles. The highest BCUT2D eigenvalue weighted by Gasteiger charge is 2.41. The highest BCUT2D eigenvalue weighted by Crippen LogP contribution is 2.51. The highest BCUT2D eigenvalue weighted by atomic mass is 79.9. The van der Waals surface area contributed by atoms with Crippen LogP contribution in [0.3, 0.4) is 0 Å². The van der Waals surface area contributed by atoms with Crippen molar-refractivity contribution < 1.29 is 99.7 Å². The number of hydrogen-bond donors (Lipinski definition) is 0. The number of nitrogens with zero attached hydrogens (tertiary/aromatic N) is 2. The monoisotopic (exact) mass is 1340 g/mol. The molecular weight excluding hydrogens is 1250 g/mol. The molecule has 5 aromatic carbocycles. The maximum absolute atomic E-state index is 14.5. The number of imide groups is 2. The number of rotatable bonds is 55. The predicted molar refractivity (Wildman–Crippen MR) is 345 cm³/mol. The first kappa shape index (κ1) is 73.7. The van der Waals surface area contributed by atoms with Crippen LogP contribution in [0, 0.1) is 0 Å². The van der Waals surface area contributed by atoms with Crippen molar-refractivity contribution in [3.63, 3.8) is 0 Å². The summed E-state index contributed by atoms with van der Waals surface area (Å²) in [6.07, 6.45) is 2.50. The number of methoxy groups -OCH3 is 1. The molecule has 4 amide bonds. The van der Waals surface area contributed by atoms with Gasteiger partial charge >= 0.3 is 0 Å². The molecule has 0 N–H and O–H groups in total. The Bertz CT molecular complexity index is 2980. The molecule has 0 unspecified atom stereocenters. The highest BCUT2D eigenvalue weighted by molar-refractivity contribution is 9.10. The van der Waals surface area contributed by atoms with Crippen LogP contribution < -0.4 is 4.74 Å². The van der Waals surface area contributed by atoms with Gasteiger partial charge in [0.05, 0.1) is 210 Å². The minimum Gasteiger partial charge on any atom is -0.490 e. The van der Waals surface area contributed by atoms with E-state index in [9.17, 15) is 19.2 Å².